The minimum Gasteiger partial charge on any atom is -0.478 e. The highest BCUT2D eigenvalue weighted by molar-refractivity contribution is 5.95. The van der Waals surface area contributed by atoms with Crippen molar-refractivity contribution in [2.75, 3.05) is 17.7 Å². The van der Waals surface area contributed by atoms with Crippen molar-refractivity contribution in [2.45, 2.75) is 20.4 Å². The Kier molecular flexibility index (Phi) is 4.17. The zero-order valence-corrected chi connectivity index (χ0v) is 12.6. The van der Waals surface area contributed by atoms with E-state index in [1.807, 2.05) is 31.0 Å². The van der Waals surface area contributed by atoms with Crippen LogP contribution >= 0.6 is 0 Å². The van der Waals surface area contributed by atoms with E-state index in [9.17, 15) is 9.90 Å². The summed E-state index contributed by atoms with van der Waals surface area (Å²) in [6.45, 7) is 4.59. The van der Waals surface area contributed by atoms with Crippen molar-refractivity contribution in [3.63, 3.8) is 0 Å². The molecule has 0 saturated heterocycles. The van der Waals surface area contributed by atoms with Crippen molar-refractivity contribution in [1.29, 1.82) is 0 Å². The third-order valence-electron chi connectivity index (χ3n) is 3.55. The summed E-state index contributed by atoms with van der Waals surface area (Å²) in [5.74, 6) is -0.999. The van der Waals surface area contributed by atoms with Crippen molar-refractivity contribution >= 4 is 17.3 Å². The lowest BCUT2D eigenvalue weighted by Crippen LogP contribution is -2.18. The van der Waals surface area contributed by atoms with Crippen LogP contribution in [-0.4, -0.2) is 18.1 Å². The van der Waals surface area contributed by atoms with E-state index in [1.165, 1.54) is 11.1 Å². The summed E-state index contributed by atoms with van der Waals surface area (Å²) in [5.41, 5.74) is 10.3. The lowest BCUT2D eigenvalue weighted by molar-refractivity contribution is 0.0698. The first kappa shape index (κ1) is 14.9. The second-order valence-corrected chi connectivity index (χ2v) is 5.37. The average molecular weight is 284 g/mol. The fourth-order valence-electron chi connectivity index (χ4n) is 2.35. The largest absolute Gasteiger partial charge is 0.478 e. The molecule has 0 heterocycles. The molecule has 0 saturated carbocycles. The molecule has 0 atom stereocenters. The minimum absolute atomic E-state index is 0.154. The first-order chi connectivity index (χ1) is 9.88. The maximum atomic E-state index is 11.3. The van der Waals surface area contributed by atoms with E-state index in [2.05, 4.69) is 25.1 Å². The van der Waals surface area contributed by atoms with Gasteiger partial charge in [0.25, 0.3) is 0 Å². The van der Waals surface area contributed by atoms with Gasteiger partial charge in [-0.2, -0.15) is 0 Å². The zero-order chi connectivity index (χ0) is 15.6. The molecule has 2 aromatic rings. The molecule has 3 N–H and O–H groups in total. The monoisotopic (exact) mass is 284 g/mol. The van der Waals surface area contributed by atoms with Gasteiger partial charge in [0.05, 0.1) is 5.56 Å². The molecule has 2 aromatic carbocycles. The molecule has 0 unspecified atom stereocenters. The van der Waals surface area contributed by atoms with Crippen LogP contribution in [0, 0.1) is 13.8 Å². The van der Waals surface area contributed by atoms with Gasteiger partial charge in [-0.25, -0.2) is 4.79 Å². The molecule has 0 radical (unpaired) electrons. The highest BCUT2D eigenvalue weighted by Crippen LogP contribution is 2.26. The smallest absolute Gasteiger partial charge is 0.337 e. The summed E-state index contributed by atoms with van der Waals surface area (Å²) < 4.78 is 0. The van der Waals surface area contributed by atoms with Crippen molar-refractivity contribution in [3.05, 3.63) is 58.7 Å². The van der Waals surface area contributed by atoms with Gasteiger partial charge in [-0.3, -0.25) is 0 Å². The predicted molar refractivity (Wildman–Crippen MR) is 85.8 cm³/mol. The molecule has 0 aromatic heterocycles. The zero-order valence-electron chi connectivity index (χ0n) is 12.6. The second kappa shape index (κ2) is 5.87. The molecule has 0 spiro atoms. The first-order valence-corrected chi connectivity index (χ1v) is 6.78. The van der Waals surface area contributed by atoms with Crippen molar-refractivity contribution in [3.8, 4) is 0 Å². The molecule has 4 heteroatoms. The third-order valence-corrected chi connectivity index (χ3v) is 3.55. The number of nitrogens with zero attached hydrogens (tertiary/aromatic N) is 1. The molecular formula is C17H20N2O2. The van der Waals surface area contributed by atoms with Crippen LogP contribution in [0.3, 0.4) is 0 Å². The van der Waals surface area contributed by atoms with Gasteiger partial charge in [0.1, 0.15) is 0 Å². The van der Waals surface area contributed by atoms with E-state index in [0.717, 1.165) is 11.3 Å². The average Bonchev–Trinajstić information content (AvgIpc) is 2.41. The Bertz CT molecular complexity index is 680. The summed E-state index contributed by atoms with van der Waals surface area (Å²) >= 11 is 0. The number of hydrogen-bond acceptors (Lipinski definition) is 3. The topological polar surface area (TPSA) is 66.6 Å². The van der Waals surface area contributed by atoms with Gasteiger partial charge in [-0.15, -0.1) is 0 Å². The van der Waals surface area contributed by atoms with Gasteiger partial charge < -0.3 is 15.7 Å². The number of carboxylic acids is 1. The lowest BCUT2D eigenvalue weighted by atomic mass is 10.1. The number of rotatable bonds is 4. The maximum Gasteiger partial charge on any atom is 0.337 e. The quantitative estimate of drug-likeness (QED) is 0.846. The number of aryl methyl sites for hydroxylation is 2. The van der Waals surface area contributed by atoms with E-state index >= 15 is 0 Å². The number of aromatic carboxylic acids is 1. The molecule has 0 fully saturated rings. The van der Waals surface area contributed by atoms with E-state index in [-0.39, 0.29) is 5.56 Å². The summed E-state index contributed by atoms with van der Waals surface area (Å²) in [4.78, 5) is 13.3. The Balaban J connectivity index is 2.31. The van der Waals surface area contributed by atoms with Gasteiger partial charge in [-0.1, -0.05) is 29.8 Å². The highest BCUT2D eigenvalue weighted by atomic mass is 16.4. The fraction of sp³-hybridized carbons (Fsp3) is 0.235. The Morgan fingerprint density at radius 2 is 1.95 bits per heavy atom. The normalized spacial score (nSPS) is 10.4. The minimum atomic E-state index is -0.999. The predicted octanol–water partition coefficient (Wildman–Crippen LogP) is 3.22. The van der Waals surface area contributed by atoms with Crippen LogP contribution in [0.15, 0.2) is 36.4 Å². The third kappa shape index (κ3) is 3.34. The number of carboxylic acid groups (broad SMARTS) is 1. The summed E-state index contributed by atoms with van der Waals surface area (Å²) in [6.07, 6.45) is 0. The summed E-state index contributed by atoms with van der Waals surface area (Å²) in [5, 5.41) is 9.22. The van der Waals surface area contributed by atoms with Crippen molar-refractivity contribution in [2.24, 2.45) is 0 Å². The van der Waals surface area contributed by atoms with E-state index in [0.29, 0.717) is 12.2 Å². The van der Waals surface area contributed by atoms with Gasteiger partial charge in [0, 0.05) is 25.0 Å². The van der Waals surface area contributed by atoms with Gasteiger partial charge >= 0.3 is 5.97 Å². The highest BCUT2D eigenvalue weighted by Gasteiger charge is 2.13. The van der Waals surface area contributed by atoms with Crippen LogP contribution in [0.2, 0.25) is 0 Å². The summed E-state index contributed by atoms with van der Waals surface area (Å²) in [6, 6.07) is 11.8. The lowest BCUT2D eigenvalue weighted by Gasteiger charge is -2.21. The Hall–Kier alpha value is -2.49. The van der Waals surface area contributed by atoms with Crippen LogP contribution < -0.4 is 10.6 Å². The van der Waals surface area contributed by atoms with E-state index < -0.39 is 5.97 Å². The number of nitrogens with two attached hydrogens (primary N) is 1. The van der Waals surface area contributed by atoms with Crippen LogP contribution in [0.1, 0.15) is 27.0 Å². The molecule has 110 valence electrons. The number of carbonyl (C=O) groups is 1. The molecule has 21 heavy (non-hydrogen) atoms. The van der Waals surface area contributed by atoms with Crippen LogP contribution in [0.5, 0.6) is 0 Å². The van der Waals surface area contributed by atoms with Crippen LogP contribution in [0.25, 0.3) is 0 Å². The van der Waals surface area contributed by atoms with Gasteiger partial charge in [0.15, 0.2) is 0 Å². The summed E-state index contributed by atoms with van der Waals surface area (Å²) in [7, 11) is 1.94. The number of anilines is 2. The molecule has 0 aliphatic heterocycles. The Morgan fingerprint density at radius 1 is 1.24 bits per heavy atom. The van der Waals surface area contributed by atoms with Crippen LogP contribution in [-0.2, 0) is 6.54 Å². The molecule has 0 aliphatic carbocycles. The van der Waals surface area contributed by atoms with Crippen molar-refractivity contribution < 1.29 is 9.90 Å². The molecule has 4 nitrogen and oxygen atoms in total. The fourth-order valence-corrected chi connectivity index (χ4v) is 2.35. The Labute approximate surface area is 124 Å². The van der Waals surface area contributed by atoms with Crippen LogP contribution in [0.4, 0.5) is 11.4 Å². The molecular weight excluding hydrogens is 264 g/mol. The molecule has 2 rings (SSSR count). The number of nitrogen functional groups attached to an aromatic ring is 1. The molecule has 0 aliphatic rings. The molecule has 0 bridgehead atoms. The molecule has 0 amide bonds. The second-order valence-electron chi connectivity index (χ2n) is 5.37. The SMILES string of the molecule is Cc1cccc(CN(C)c2cc(C)c(N)c(C(=O)O)c2)c1. The maximum absolute atomic E-state index is 11.3. The Morgan fingerprint density at radius 3 is 2.57 bits per heavy atom. The number of hydrogen-bond donors (Lipinski definition) is 2. The van der Waals surface area contributed by atoms with E-state index in [4.69, 9.17) is 5.73 Å². The number of benzene rings is 2. The van der Waals surface area contributed by atoms with Gasteiger partial charge in [0.2, 0.25) is 0 Å². The first-order valence-electron chi connectivity index (χ1n) is 6.78. The van der Waals surface area contributed by atoms with Gasteiger partial charge in [-0.05, 0) is 37.1 Å². The standard InChI is InChI=1S/C17H20N2O2/c1-11-5-4-6-13(7-11)10-19(3)14-8-12(2)16(18)15(9-14)17(20)21/h4-9H,10,18H2,1-3H3,(H,20,21). The van der Waals surface area contributed by atoms with E-state index in [1.54, 1.807) is 6.07 Å². The van der Waals surface area contributed by atoms with Crippen molar-refractivity contribution in [1.82, 2.24) is 0 Å².